The van der Waals surface area contributed by atoms with E-state index in [1.54, 1.807) is 0 Å². The van der Waals surface area contributed by atoms with E-state index in [2.05, 4.69) is 40.6 Å². The predicted molar refractivity (Wildman–Crippen MR) is 79.1 cm³/mol. The van der Waals surface area contributed by atoms with Crippen LogP contribution in [0.25, 0.3) is 0 Å². The molecule has 5 heteroatoms. The number of ether oxygens (including phenoxy) is 1. The monoisotopic (exact) mass is 287 g/mol. The summed E-state index contributed by atoms with van der Waals surface area (Å²) >= 11 is 0. The van der Waals surface area contributed by atoms with E-state index in [0.29, 0.717) is 18.4 Å². The molecule has 0 amide bonds. The summed E-state index contributed by atoms with van der Waals surface area (Å²) in [6.45, 7) is 2.84. The van der Waals surface area contributed by atoms with Crippen molar-refractivity contribution in [1.29, 1.82) is 0 Å². The molecule has 21 heavy (non-hydrogen) atoms. The van der Waals surface area contributed by atoms with Gasteiger partial charge < -0.3 is 14.6 Å². The summed E-state index contributed by atoms with van der Waals surface area (Å²) in [6, 6.07) is 8.75. The molecule has 0 spiro atoms. The van der Waals surface area contributed by atoms with Gasteiger partial charge in [-0.1, -0.05) is 29.4 Å². The van der Waals surface area contributed by atoms with Crippen molar-refractivity contribution in [2.75, 3.05) is 13.7 Å². The van der Waals surface area contributed by atoms with E-state index in [4.69, 9.17) is 9.26 Å². The van der Waals surface area contributed by atoms with Crippen molar-refractivity contribution in [3.05, 3.63) is 47.1 Å². The second kappa shape index (κ2) is 6.37. The molecule has 2 unspecified atom stereocenters. The van der Waals surface area contributed by atoms with Crippen molar-refractivity contribution in [1.82, 2.24) is 15.5 Å². The van der Waals surface area contributed by atoms with Crippen LogP contribution in [0.15, 0.2) is 28.8 Å². The minimum atomic E-state index is 0.0185. The number of nitrogens with zero attached hydrogens (tertiary/aromatic N) is 2. The summed E-state index contributed by atoms with van der Waals surface area (Å²) in [5, 5.41) is 7.21. The van der Waals surface area contributed by atoms with Gasteiger partial charge in [0.1, 0.15) is 0 Å². The summed E-state index contributed by atoms with van der Waals surface area (Å²) in [5.41, 5.74) is 2.60. The number of likely N-dealkylation sites (N-methyl/N-ethyl adjacent to an activating group) is 1. The van der Waals surface area contributed by atoms with Crippen molar-refractivity contribution in [2.24, 2.45) is 0 Å². The Hall–Kier alpha value is -1.72. The largest absolute Gasteiger partial charge is 0.373 e. The molecular weight excluding hydrogens is 266 g/mol. The van der Waals surface area contributed by atoms with Gasteiger partial charge in [0, 0.05) is 12.5 Å². The fourth-order valence-electron chi connectivity index (χ4n) is 2.64. The molecule has 2 atom stereocenters. The lowest BCUT2D eigenvalue weighted by atomic mass is 9.96. The van der Waals surface area contributed by atoms with Gasteiger partial charge in [0.25, 0.3) is 0 Å². The highest BCUT2D eigenvalue weighted by molar-refractivity contribution is 5.31. The maximum absolute atomic E-state index is 5.88. The zero-order valence-corrected chi connectivity index (χ0v) is 12.5. The van der Waals surface area contributed by atoms with E-state index in [-0.39, 0.29) is 6.10 Å². The van der Waals surface area contributed by atoms with Crippen molar-refractivity contribution in [2.45, 2.75) is 38.3 Å². The summed E-state index contributed by atoms with van der Waals surface area (Å²) in [6.07, 6.45) is 2.39. The average Bonchev–Trinajstić information content (AvgIpc) is 2.94. The Kier molecular flexibility index (Phi) is 4.31. The maximum atomic E-state index is 5.88. The summed E-state index contributed by atoms with van der Waals surface area (Å²) in [5.74, 6) is 1.39. The minimum absolute atomic E-state index is 0.0185. The van der Waals surface area contributed by atoms with Crippen LogP contribution in [0.2, 0.25) is 0 Å². The third kappa shape index (κ3) is 3.31. The van der Waals surface area contributed by atoms with E-state index >= 15 is 0 Å². The molecule has 1 aromatic carbocycles. The van der Waals surface area contributed by atoms with Crippen LogP contribution in [0.4, 0.5) is 0 Å². The van der Waals surface area contributed by atoms with E-state index in [0.717, 1.165) is 25.3 Å². The molecule has 0 fully saturated rings. The van der Waals surface area contributed by atoms with Crippen molar-refractivity contribution >= 4 is 0 Å². The third-order valence-corrected chi connectivity index (χ3v) is 3.94. The number of rotatable bonds is 5. The maximum Gasteiger partial charge on any atom is 0.229 e. The van der Waals surface area contributed by atoms with Gasteiger partial charge in [0.15, 0.2) is 5.82 Å². The van der Waals surface area contributed by atoms with Gasteiger partial charge in [0.05, 0.1) is 19.1 Å². The Balaban J connectivity index is 1.70. The Morgan fingerprint density at radius 2 is 2.24 bits per heavy atom. The molecule has 0 aliphatic carbocycles. The summed E-state index contributed by atoms with van der Waals surface area (Å²) in [4.78, 5) is 4.47. The standard InChI is InChI=1S/C16H21N3O2/c1-11(17-2)9-15-18-16(21-19-15)10-14-13-6-4-3-5-12(13)7-8-20-14/h3-6,11,14,17H,7-10H2,1-2H3. The minimum Gasteiger partial charge on any atom is -0.373 e. The van der Waals surface area contributed by atoms with E-state index < -0.39 is 0 Å². The van der Waals surface area contributed by atoms with Gasteiger partial charge in [-0.05, 0) is 31.5 Å². The fraction of sp³-hybridized carbons (Fsp3) is 0.500. The Bertz CT molecular complexity index is 597. The first-order valence-electron chi connectivity index (χ1n) is 7.44. The molecule has 3 rings (SSSR count). The van der Waals surface area contributed by atoms with E-state index in [1.165, 1.54) is 11.1 Å². The summed E-state index contributed by atoms with van der Waals surface area (Å²) < 4.78 is 11.2. The molecule has 2 heterocycles. The number of aromatic nitrogens is 2. The first kappa shape index (κ1) is 14.2. The molecule has 0 saturated carbocycles. The SMILES string of the molecule is CNC(C)Cc1noc(CC2OCCc3ccccc32)n1. The lowest BCUT2D eigenvalue weighted by Gasteiger charge is -2.24. The van der Waals surface area contributed by atoms with Crippen LogP contribution < -0.4 is 5.32 Å². The molecule has 1 N–H and O–H groups in total. The fourth-order valence-corrected chi connectivity index (χ4v) is 2.64. The smallest absolute Gasteiger partial charge is 0.229 e. The van der Waals surface area contributed by atoms with Crippen LogP contribution in [0.5, 0.6) is 0 Å². The van der Waals surface area contributed by atoms with Gasteiger partial charge in [-0.15, -0.1) is 0 Å². The van der Waals surface area contributed by atoms with Gasteiger partial charge in [-0.3, -0.25) is 0 Å². The first-order valence-corrected chi connectivity index (χ1v) is 7.44. The van der Waals surface area contributed by atoms with Crippen LogP contribution in [-0.4, -0.2) is 29.8 Å². The predicted octanol–water partition coefficient (Wildman–Crippen LogP) is 2.08. The topological polar surface area (TPSA) is 60.2 Å². The molecule has 1 aliphatic rings. The number of nitrogens with one attached hydrogen (secondary N) is 1. The second-order valence-corrected chi connectivity index (χ2v) is 5.51. The van der Waals surface area contributed by atoms with Gasteiger partial charge in [0.2, 0.25) is 5.89 Å². The summed E-state index contributed by atoms with van der Waals surface area (Å²) in [7, 11) is 1.93. The molecule has 112 valence electrons. The van der Waals surface area contributed by atoms with E-state index in [9.17, 15) is 0 Å². The van der Waals surface area contributed by atoms with E-state index in [1.807, 2.05) is 13.1 Å². The number of benzene rings is 1. The van der Waals surface area contributed by atoms with Crippen LogP contribution in [0.1, 0.15) is 35.9 Å². The van der Waals surface area contributed by atoms with Crippen LogP contribution in [0, 0.1) is 0 Å². The molecule has 0 saturated heterocycles. The second-order valence-electron chi connectivity index (χ2n) is 5.51. The zero-order chi connectivity index (χ0) is 14.7. The number of hydrogen-bond donors (Lipinski definition) is 1. The van der Waals surface area contributed by atoms with Crippen LogP contribution >= 0.6 is 0 Å². The highest BCUT2D eigenvalue weighted by atomic mass is 16.5. The molecule has 0 radical (unpaired) electrons. The highest BCUT2D eigenvalue weighted by Gasteiger charge is 2.23. The number of hydrogen-bond acceptors (Lipinski definition) is 5. The molecule has 5 nitrogen and oxygen atoms in total. The molecule has 2 aromatic rings. The highest BCUT2D eigenvalue weighted by Crippen LogP contribution is 2.29. The molecule has 1 aromatic heterocycles. The Morgan fingerprint density at radius 3 is 3.10 bits per heavy atom. The molecule has 1 aliphatic heterocycles. The van der Waals surface area contributed by atoms with Crippen molar-refractivity contribution < 1.29 is 9.26 Å². The van der Waals surface area contributed by atoms with Gasteiger partial charge >= 0.3 is 0 Å². The lowest BCUT2D eigenvalue weighted by molar-refractivity contribution is 0.0375. The van der Waals surface area contributed by atoms with Crippen molar-refractivity contribution in [3.8, 4) is 0 Å². The third-order valence-electron chi connectivity index (χ3n) is 3.94. The Morgan fingerprint density at radius 1 is 1.38 bits per heavy atom. The van der Waals surface area contributed by atoms with Gasteiger partial charge in [-0.2, -0.15) is 4.98 Å². The molecule has 0 bridgehead atoms. The quantitative estimate of drug-likeness (QED) is 0.912. The molecular formula is C16H21N3O2. The van der Waals surface area contributed by atoms with Gasteiger partial charge in [-0.25, -0.2) is 0 Å². The lowest BCUT2D eigenvalue weighted by Crippen LogP contribution is -2.24. The normalized spacial score (nSPS) is 19.2. The first-order chi connectivity index (χ1) is 10.3. The van der Waals surface area contributed by atoms with Crippen LogP contribution in [-0.2, 0) is 24.0 Å². The van der Waals surface area contributed by atoms with Crippen LogP contribution in [0.3, 0.4) is 0 Å². The zero-order valence-electron chi connectivity index (χ0n) is 12.5. The number of fused-ring (bicyclic) bond motifs is 1. The average molecular weight is 287 g/mol. The Labute approximate surface area is 124 Å². The van der Waals surface area contributed by atoms with Crippen molar-refractivity contribution in [3.63, 3.8) is 0 Å².